The quantitative estimate of drug-likeness (QED) is 0.159. The zero-order chi connectivity index (χ0) is 31.1. The van der Waals surface area contributed by atoms with E-state index in [1.165, 1.54) is 0 Å². The first-order chi connectivity index (χ1) is 21.9. The van der Waals surface area contributed by atoms with Crippen LogP contribution in [0.2, 0.25) is 10.0 Å². The van der Waals surface area contributed by atoms with E-state index in [0.29, 0.717) is 40.2 Å². The molecule has 7 rings (SSSR count). The fourth-order valence-electron chi connectivity index (χ4n) is 6.49. The molecule has 7 heteroatoms. The Bertz CT molecular complexity index is 1840. The summed E-state index contributed by atoms with van der Waals surface area (Å²) >= 11 is 12.4. The Labute approximate surface area is 273 Å². The van der Waals surface area contributed by atoms with Crippen LogP contribution in [0.4, 0.5) is 11.4 Å². The SMILES string of the molecule is CCN(CC)c1ccc2c(c1)Oc1ccc(N(Cc3ccc(Cl)cc3)Cc3ccc(Cl)cc3)cc1C21OC(=O)c2ccccc21. The van der Waals surface area contributed by atoms with Crippen LogP contribution in [0.25, 0.3) is 0 Å². The summed E-state index contributed by atoms with van der Waals surface area (Å²) in [4.78, 5) is 18.0. The Kier molecular flexibility index (Phi) is 7.68. The van der Waals surface area contributed by atoms with Gasteiger partial charge in [-0.3, -0.25) is 0 Å². The van der Waals surface area contributed by atoms with Gasteiger partial charge in [-0.05, 0) is 85.6 Å². The van der Waals surface area contributed by atoms with Gasteiger partial charge in [-0.25, -0.2) is 4.79 Å². The van der Waals surface area contributed by atoms with Gasteiger partial charge in [0.2, 0.25) is 0 Å². The van der Waals surface area contributed by atoms with Gasteiger partial charge in [0.05, 0.1) is 5.56 Å². The average molecular weight is 636 g/mol. The van der Waals surface area contributed by atoms with Gasteiger partial charge in [-0.15, -0.1) is 0 Å². The fourth-order valence-corrected chi connectivity index (χ4v) is 6.74. The molecule has 0 saturated carbocycles. The first-order valence-corrected chi connectivity index (χ1v) is 15.9. The number of esters is 1. The van der Waals surface area contributed by atoms with Crippen LogP contribution in [0.5, 0.6) is 11.5 Å². The zero-order valence-corrected chi connectivity index (χ0v) is 26.6. The molecule has 2 aliphatic rings. The highest BCUT2D eigenvalue weighted by Crippen LogP contribution is 2.57. The first-order valence-electron chi connectivity index (χ1n) is 15.2. The third-order valence-electron chi connectivity index (χ3n) is 8.75. The lowest BCUT2D eigenvalue weighted by Gasteiger charge is -2.38. The fraction of sp³-hybridized carbons (Fsp3) is 0.184. The molecule has 1 atom stereocenters. The largest absolute Gasteiger partial charge is 0.456 e. The molecule has 1 unspecified atom stereocenters. The van der Waals surface area contributed by atoms with E-state index in [-0.39, 0.29) is 5.97 Å². The second-order valence-corrected chi connectivity index (χ2v) is 12.2. The molecule has 0 bridgehead atoms. The molecule has 5 aromatic rings. The summed E-state index contributed by atoms with van der Waals surface area (Å²) in [5.41, 5.74) is 6.08. The lowest BCUT2D eigenvalue weighted by molar-refractivity contribution is 0.0224. The van der Waals surface area contributed by atoms with Crippen molar-refractivity contribution in [2.24, 2.45) is 0 Å². The third-order valence-corrected chi connectivity index (χ3v) is 9.25. The molecule has 2 heterocycles. The standard InChI is InChI=1S/C38H32Cl2N2O3/c1-3-41(4-2)30-17-19-33-36(22-30)44-35-20-18-29(21-34(35)38(33)32-8-6-5-7-31(32)37(43)45-38)42(23-25-9-13-27(39)14-10-25)24-26-11-15-28(40)16-12-26/h5-22H,3-4,23-24H2,1-2H3. The number of rotatable bonds is 8. The van der Waals surface area contributed by atoms with Gasteiger partial charge >= 0.3 is 5.97 Å². The maximum Gasteiger partial charge on any atom is 0.340 e. The summed E-state index contributed by atoms with van der Waals surface area (Å²) in [6.45, 7) is 7.28. The van der Waals surface area contributed by atoms with Gasteiger partial charge in [0.25, 0.3) is 0 Å². The Hall–Kier alpha value is -4.45. The smallest absolute Gasteiger partial charge is 0.340 e. The Morgan fingerprint density at radius 3 is 1.87 bits per heavy atom. The molecule has 0 N–H and O–H groups in total. The molecule has 45 heavy (non-hydrogen) atoms. The Balaban J connectivity index is 1.38. The second kappa shape index (κ2) is 11.8. The number of carbonyl (C=O) groups is 1. The number of anilines is 2. The van der Waals surface area contributed by atoms with E-state index in [1.807, 2.05) is 84.9 Å². The molecule has 0 aromatic heterocycles. The summed E-state index contributed by atoms with van der Waals surface area (Å²) in [6.07, 6.45) is 0. The highest BCUT2D eigenvalue weighted by molar-refractivity contribution is 6.30. The lowest BCUT2D eigenvalue weighted by Crippen LogP contribution is -2.34. The lowest BCUT2D eigenvalue weighted by atomic mass is 9.77. The number of benzene rings is 5. The topological polar surface area (TPSA) is 42.0 Å². The van der Waals surface area contributed by atoms with Crippen LogP contribution in [0, 0.1) is 0 Å². The number of hydrogen-bond acceptors (Lipinski definition) is 5. The average Bonchev–Trinajstić information content (AvgIpc) is 3.35. The summed E-state index contributed by atoms with van der Waals surface area (Å²) in [5.74, 6) is 0.996. The van der Waals surface area contributed by atoms with Gasteiger partial charge in [-0.1, -0.05) is 65.7 Å². The second-order valence-electron chi connectivity index (χ2n) is 11.4. The Morgan fingerprint density at radius 1 is 0.622 bits per heavy atom. The van der Waals surface area contributed by atoms with E-state index in [9.17, 15) is 4.79 Å². The molecule has 1 spiro atoms. The van der Waals surface area contributed by atoms with Gasteiger partial charge in [-0.2, -0.15) is 0 Å². The number of ether oxygens (including phenoxy) is 2. The van der Waals surface area contributed by atoms with Crippen molar-refractivity contribution in [1.29, 1.82) is 0 Å². The van der Waals surface area contributed by atoms with E-state index < -0.39 is 5.60 Å². The molecule has 0 radical (unpaired) electrons. The molecule has 0 saturated heterocycles. The van der Waals surface area contributed by atoms with Crippen molar-refractivity contribution in [2.75, 3.05) is 22.9 Å². The molecular formula is C38H32Cl2N2O3. The summed E-state index contributed by atoms with van der Waals surface area (Å²) in [5, 5.41) is 1.39. The van der Waals surface area contributed by atoms with Crippen LogP contribution in [0.1, 0.15) is 52.0 Å². The van der Waals surface area contributed by atoms with E-state index in [1.54, 1.807) is 0 Å². The maximum absolute atomic E-state index is 13.5. The van der Waals surface area contributed by atoms with E-state index >= 15 is 0 Å². The minimum absolute atomic E-state index is 0.346. The van der Waals surface area contributed by atoms with Crippen molar-refractivity contribution in [3.63, 3.8) is 0 Å². The highest BCUT2D eigenvalue weighted by atomic mass is 35.5. The summed E-state index contributed by atoms with van der Waals surface area (Å²) in [7, 11) is 0. The number of hydrogen-bond donors (Lipinski definition) is 0. The predicted octanol–water partition coefficient (Wildman–Crippen LogP) is 9.61. The number of halogens is 2. The third kappa shape index (κ3) is 5.20. The van der Waals surface area contributed by atoms with Crippen LogP contribution in [0.3, 0.4) is 0 Å². The highest BCUT2D eigenvalue weighted by Gasteiger charge is 2.53. The minimum Gasteiger partial charge on any atom is -0.456 e. The normalized spacial score (nSPS) is 16.0. The Morgan fingerprint density at radius 2 is 1.22 bits per heavy atom. The van der Waals surface area contributed by atoms with E-state index in [0.717, 1.165) is 52.3 Å². The number of fused-ring (bicyclic) bond motifs is 6. The zero-order valence-electron chi connectivity index (χ0n) is 25.1. The van der Waals surface area contributed by atoms with Crippen molar-refractivity contribution in [3.8, 4) is 11.5 Å². The van der Waals surface area contributed by atoms with Crippen LogP contribution in [0.15, 0.2) is 109 Å². The monoisotopic (exact) mass is 634 g/mol. The summed E-state index contributed by atoms with van der Waals surface area (Å²) in [6, 6.07) is 35.8. The molecule has 0 aliphatic carbocycles. The molecule has 0 fully saturated rings. The van der Waals surface area contributed by atoms with E-state index in [2.05, 4.69) is 47.9 Å². The number of nitrogens with zero attached hydrogens (tertiary/aromatic N) is 2. The van der Waals surface area contributed by atoms with Crippen LogP contribution < -0.4 is 14.5 Å². The van der Waals surface area contributed by atoms with Crippen LogP contribution in [-0.4, -0.2) is 19.1 Å². The van der Waals surface area contributed by atoms with Crippen molar-refractivity contribution in [2.45, 2.75) is 32.5 Å². The predicted molar refractivity (Wildman–Crippen MR) is 181 cm³/mol. The van der Waals surface area contributed by atoms with Gasteiger partial charge in [0.15, 0.2) is 5.60 Å². The van der Waals surface area contributed by atoms with Crippen LogP contribution in [-0.2, 0) is 23.4 Å². The van der Waals surface area contributed by atoms with Crippen LogP contribution >= 0.6 is 23.2 Å². The van der Waals surface area contributed by atoms with Gasteiger partial charge < -0.3 is 19.3 Å². The number of carbonyl (C=O) groups excluding carboxylic acids is 1. The molecule has 5 nitrogen and oxygen atoms in total. The summed E-state index contributed by atoms with van der Waals surface area (Å²) < 4.78 is 13.1. The maximum atomic E-state index is 13.5. The van der Waals surface area contributed by atoms with Gasteiger partial charge in [0.1, 0.15) is 11.5 Å². The molecular weight excluding hydrogens is 603 g/mol. The van der Waals surface area contributed by atoms with Crippen molar-refractivity contribution < 1.29 is 14.3 Å². The minimum atomic E-state index is -1.15. The van der Waals surface area contributed by atoms with E-state index in [4.69, 9.17) is 32.7 Å². The van der Waals surface area contributed by atoms with Crippen molar-refractivity contribution in [3.05, 3.63) is 153 Å². The molecule has 5 aromatic carbocycles. The van der Waals surface area contributed by atoms with Crippen molar-refractivity contribution >= 4 is 40.5 Å². The molecule has 226 valence electrons. The first kappa shape index (κ1) is 29.3. The van der Waals surface area contributed by atoms with Crippen molar-refractivity contribution in [1.82, 2.24) is 0 Å². The van der Waals surface area contributed by atoms with Gasteiger partial charge in [0, 0.05) is 70.4 Å². The molecule has 0 amide bonds. The molecule has 2 aliphatic heterocycles.